The number of carbonyl (C=O) groups excluding carboxylic acids is 1. The predicted molar refractivity (Wildman–Crippen MR) is 84.6 cm³/mol. The van der Waals surface area contributed by atoms with Crippen LogP contribution in [0.1, 0.15) is 50.7 Å². The highest BCUT2D eigenvalue weighted by Crippen LogP contribution is 2.38. The van der Waals surface area contributed by atoms with E-state index in [0.29, 0.717) is 13.2 Å². The van der Waals surface area contributed by atoms with Gasteiger partial charge in [0.15, 0.2) is 0 Å². The first-order valence-corrected chi connectivity index (χ1v) is 8.25. The Morgan fingerprint density at radius 1 is 1.14 bits per heavy atom. The topological polar surface area (TPSA) is 48.1 Å². The fourth-order valence-corrected chi connectivity index (χ4v) is 2.40. The van der Waals surface area contributed by atoms with Crippen molar-refractivity contribution in [3.63, 3.8) is 0 Å². The number of ether oxygens (including phenoxy) is 3. The summed E-state index contributed by atoms with van der Waals surface area (Å²) in [5.74, 6) is -0.285. The van der Waals surface area contributed by atoms with E-state index < -0.39 is 0 Å². The minimum atomic E-state index is -0.285. The summed E-state index contributed by atoms with van der Waals surface area (Å²) in [6.45, 7) is 3.13. The maximum absolute atomic E-state index is 11.5. The quantitative estimate of drug-likeness (QED) is 0.356. The molecule has 0 aromatic heterocycles. The van der Waals surface area contributed by atoms with Crippen molar-refractivity contribution >= 4 is 5.97 Å². The summed E-state index contributed by atoms with van der Waals surface area (Å²) in [5.41, 5.74) is 1.16. The standard InChI is InChI=1S/C18H26O4/c1-2-3-4-5-9-12-21-17(19)14-20-13-16-18(22-16)15-10-7-6-8-11-15/h6-8,10-11,16,18H,2-5,9,12-14H2,1H3/t16-,18-/m0/s1. The average molecular weight is 306 g/mol. The number of rotatable bonds is 11. The summed E-state index contributed by atoms with van der Waals surface area (Å²) in [4.78, 5) is 11.5. The Morgan fingerprint density at radius 3 is 2.68 bits per heavy atom. The van der Waals surface area contributed by atoms with Crippen LogP contribution in [0.4, 0.5) is 0 Å². The number of unbranched alkanes of at least 4 members (excludes halogenated alkanes) is 4. The van der Waals surface area contributed by atoms with Gasteiger partial charge in [-0.25, -0.2) is 4.79 Å². The van der Waals surface area contributed by atoms with Gasteiger partial charge in [-0.05, 0) is 12.0 Å². The molecule has 1 fully saturated rings. The number of carbonyl (C=O) groups is 1. The van der Waals surface area contributed by atoms with Crippen molar-refractivity contribution in [2.75, 3.05) is 19.8 Å². The van der Waals surface area contributed by atoms with Crippen LogP contribution < -0.4 is 0 Å². The minimum absolute atomic E-state index is 0.0102. The van der Waals surface area contributed by atoms with E-state index >= 15 is 0 Å². The second kappa shape index (κ2) is 9.59. The van der Waals surface area contributed by atoms with Gasteiger partial charge in [0.2, 0.25) is 0 Å². The molecular formula is C18H26O4. The molecule has 0 unspecified atom stereocenters. The molecule has 1 heterocycles. The lowest BCUT2D eigenvalue weighted by Crippen LogP contribution is -2.15. The van der Waals surface area contributed by atoms with Crippen LogP contribution in [-0.4, -0.2) is 31.9 Å². The van der Waals surface area contributed by atoms with E-state index in [1.165, 1.54) is 19.3 Å². The zero-order valence-electron chi connectivity index (χ0n) is 13.3. The molecule has 0 radical (unpaired) electrons. The Balaban J connectivity index is 1.47. The third-order valence-electron chi connectivity index (χ3n) is 3.72. The van der Waals surface area contributed by atoms with E-state index in [1.54, 1.807) is 0 Å². The molecule has 1 aliphatic heterocycles. The van der Waals surface area contributed by atoms with Gasteiger partial charge in [-0.15, -0.1) is 0 Å². The molecule has 0 N–H and O–H groups in total. The summed E-state index contributed by atoms with van der Waals surface area (Å²) in [7, 11) is 0. The van der Waals surface area contributed by atoms with E-state index in [4.69, 9.17) is 14.2 Å². The average Bonchev–Trinajstić information content (AvgIpc) is 3.31. The SMILES string of the molecule is CCCCCCCOC(=O)COC[C@@H]1O[C@H]1c1ccccc1. The minimum Gasteiger partial charge on any atom is -0.464 e. The predicted octanol–water partition coefficient (Wildman–Crippen LogP) is 3.66. The summed E-state index contributed by atoms with van der Waals surface area (Å²) in [5, 5.41) is 0. The fraction of sp³-hybridized carbons (Fsp3) is 0.611. The Labute approximate surface area is 132 Å². The summed E-state index contributed by atoms with van der Waals surface area (Å²) < 4.78 is 16.0. The summed E-state index contributed by atoms with van der Waals surface area (Å²) in [6, 6.07) is 10.0. The van der Waals surface area contributed by atoms with Gasteiger partial charge in [-0.3, -0.25) is 0 Å². The first kappa shape index (κ1) is 17.0. The van der Waals surface area contributed by atoms with E-state index in [9.17, 15) is 4.79 Å². The van der Waals surface area contributed by atoms with Crippen LogP contribution >= 0.6 is 0 Å². The molecular weight excluding hydrogens is 280 g/mol. The smallest absolute Gasteiger partial charge is 0.332 e. The molecule has 0 bridgehead atoms. The third kappa shape index (κ3) is 6.16. The maximum Gasteiger partial charge on any atom is 0.332 e. The lowest BCUT2D eigenvalue weighted by atomic mass is 10.1. The van der Waals surface area contributed by atoms with E-state index in [-0.39, 0.29) is 24.8 Å². The second-order valence-electron chi connectivity index (χ2n) is 5.66. The van der Waals surface area contributed by atoms with Crippen molar-refractivity contribution < 1.29 is 19.0 Å². The van der Waals surface area contributed by atoms with Crippen molar-refractivity contribution in [3.05, 3.63) is 35.9 Å². The monoisotopic (exact) mass is 306 g/mol. The molecule has 4 nitrogen and oxygen atoms in total. The van der Waals surface area contributed by atoms with E-state index in [1.807, 2.05) is 30.3 Å². The van der Waals surface area contributed by atoms with Gasteiger partial charge < -0.3 is 14.2 Å². The first-order valence-electron chi connectivity index (χ1n) is 8.25. The van der Waals surface area contributed by atoms with Crippen LogP contribution in [0, 0.1) is 0 Å². The molecule has 0 aliphatic carbocycles. The Kier molecular flexibility index (Phi) is 7.40. The van der Waals surface area contributed by atoms with Crippen LogP contribution in [-0.2, 0) is 19.0 Å². The van der Waals surface area contributed by atoms with Gasteiger partial charge in [-0.2, -0.15) is 0 Å². The van der Waals surface area contributed by atoms with Crippen molar-refractivity contribution in [1.82, 2.24) is 0 Å². The molecule has 1 aromatic rings. The maximum atomic E-state index is 11.5. The number of hydrogen-bond acceptors (Lipinski definition) is 4. The number of hydrogen-bond donors (Lipinski definition) is 0. The zero-order valence-corrected chi connectivity index (χ0v) is 13.3. The highest BCUT2D eigenvalue weighted by molar-refractivity contribution is 5.70. The van der Waals surface area contributed by atoms with Crippen LogP contribution in [0.25, 0.3) is 0 Å². The van der Waals surface area contributed by atoms with Gasteiger partial charge in [0, 0.05) is 0 Å². The second-order valence-corrected chi connectivity index (χ2v) is 5.66. The molecule has 1 saturated heterocycles. The van der Waals surface area contributed by atoms with Crippen LogP contribution in [0.15, 0.2) is 30.3 Å². The molecule has 4 heteroatoms. The number of esters is 1. The highest BCUT2D eigenvalue weighted by atomic mass is 16.6. The van der Waals surface area contributed by atoms with Gasteiger partial charge >= 0.3 is 5.97 Å². The summed E-state index contributed by atoms with van der Waals surface area (Å²) >= 11 is 0. The molecule has 0 saturated carbocycles. The number of benzene rings is 1. The highest BCUT2D eigenvalue weighted by Gasteiger charge is 2.40. The van der Waals surface area contributed by atoms with Crippen molar-refractivity contribution in [1.29, 1.82) is 0 Å². The molecule has 0 amide bonds. The van der Waals surface area contributed by atoms with E-state index in [0.717, 1.165) is 18.4 Å². The van der Waals surface area contributed by atoms with Gasteiger partial charge in [-0.1, -0.05) is 62.9 Å². The first-order chi connectivity index (χ1) is 10.8. The van der Waals surface area contributed by atoms with Crippen LogP contribution in [0.2, 0.25) is 0 Å². The lowest BCUT2D eigenvalue weighted by molar-refractivity contribution is -0.149. The normalized spacial score (nSPS) is 19.9. The van der Waals surface area contributed by atoms with E-state index in [2.05, 4.69) is 6.92 Å². The van der Waals surface area contributed by atoms with Crippen LogP contribution in [0.3, 0.4) is 0 Å². The molecule has 0 spiro atoms. The zero-order chi connectivity index (χ0) is 15.6. The molecule has 1 aliphatic rings. The summed E-state index contributed by atoms with van der Waals surface area (Å²) in [6.07, 6.45) is 5.91. The molecule has 22 heavy (non-hydrogen) atoms. The fourth-order valence-electron chi connectivity index (χ4n) is 2.40. The largest absolute Gasteiger partial charge is 0.464 e. The van der Waals surface area contributed by atoms with Crippen molar-refractivity contribution in [3.8, 4) is 0 Å². The van der Waals surface area contributed by atoms with Crippen LogP contribution in [0.5, 0.6) is 0 Å². The molecule has 1 aromatic carbocycles. The molecule has 2 atom stereocenters. The lowest BCUT2D eigenvalue weighted by Gasteiger charge is -2.05. The van der Waals surface area contributed by atoms with Crippen molar-refractivity contribution in [2.45, 2.75) is 51.2 Å². The molecule has 122 valence electrons. The Bertz CT molecular complexity index is 432. The molecule has 2 rings (SSSR count). The van der Waals surface area contributed by atoms with Gasteiger partial charge in [0.25, 0.3) is 0 Å². The van der Waals surface area contributed by atoms with Crippen molar-refractivity contribution in [2.24, 2.45) is 0 Å². The van der Waals surface area contributed by atoms with Gasteiger partial charge in [0.1, 0.15) is 18.8 Å². The van der Waals surface area contributed by atoms with Gasteiger partial charge in [0.05, 0.1) is 13.2 Å². The third-order valence-corrected chi connectivity index (χ3v) is 3.72. The Morgan fingerprint density at radius 2 is 1.91 bits per heavy atom. The Hall–Kier alpha value is -1.39. The number of epoxide rings is 1.